The molecule has 1 rings (SSSR count). The van der Waals surface area contributed by atoms with Gasteiger partial charge in [0.25, 0.3) is 0 Å². The van der Waals surface area contributed by atoms with Gasteiger partial charge in [-0.25, -0.2) is 0 Å². The minimum absolute atomic E-state index is 0.452. The van der Waals surface area contributed by atoms with Crippen LogP contribution in [0.5, 0.6) is 0 Å². The van der Waals surface area contributed by atoms with Crippen LogP contribution in [0.3, 0.4) is 0 Å². The van der Waals surface area contributed by atoms with Crippen LogP contribution in [0.2, 0.25) is 0 Å². The van der Waals surface area contributed by atoms with Crippen molar-refractivity contribution in [2.45, 2.75) is 46.5 Å². The molecule has 0 aromatic carbocycles. The van der Waals surface area contributed by atoms with E-state index in [2.05, 4.69) is 20.8 Å². The first-order chi connectivity index (χ1) is 5.57. The van der Waals surface area contributed by atoms with E-state index in [9.17, 15) is 0 Å². The normalized spacial score (nSPS) is 37.2. The molecule has 2 N–H and O–H groups in total. The lowest BCUT2D eigenvalue weighted by molar-refractivity contribution is 0.136. The molecular formula is C11H23N. The van der Waals surface area contributed by atoms with Crippen LogP contribution in [0.1, 0.15) is 46.5 Å². The predicted octanol–water partition coefficient (Wildman–Crippen LogP) is 2.80. The van der Waals surface area contributed by atoms with Gasteiger partial charge < -0.3 is 5.73 Å². The molecule has 0 aliphatic heterocycles. The molecule has 12 heavy (non-hydrogen) atoms. The summed E-state index contributed by atoms with van der Waals surface area (Å²) in [6, 6.07) is 0. The van der Waals surface area contributed by atoms with Gasteiger partial charge in [0.1, 0.15) is 0 Å². The van der Waals surface area contributed by atoms with Crippen molar-refractivity contribution in [3.63, 3.8) is 0 Å². The standard InChI is InChI=1S/C11H23N/c1-9(2)10-5-4-6-11(3,7-10)8-12/h9-10H,4-8,12H2,1-3H3. The fourth-order valence-corrected chi connectivity index (χ4v) is 2.38. The Morgan fingerprint density at radius 2 is 2.17 bits per heavy atom. The highest BCUT2D eigenvalue weighted by atomic mass is 14.6. The molecule has 1 heteroatoms. The molecule has 1 aliphatic rings. The monoisotopic (exact) mass is 169 g/mol. The summed E-state index contributed by atoms with van der Waals surface area (Å²) in [4.78, 5) is 0. The Morgan fingerprint density at radius 3 is 2.67 bits per heavy atom. The van der Waals surface area contributed by atoms with Crippen LogP contribution in [-0.2, 0) is 0 Å². The van der Waals surface area contributed by atoms with E-state index in [1.54, 1.807) is 0 Å². The number of rotatable bonds is 2. The lowest BCUT2D eigenvalue weighted by Crippen LogP contribution is -2.34. The maximum atomic E-state index is 5.80. The van der Waals surface area contributed by atoms with E-state index < -0.39 is 0 Å². The highest BCUT2D eigenvalue weighted by molar-refractivity contribution is 4.84. The lowest BCUT2D eigenvalue weighted by Gasteiger charge is -2.39. The average Bonchev–Trinajstić information content (AvgIpc) is 2.05. The predicted molar refractivity (Wildman–Crippen MR) is 54.0 cm³/mol. The van der Waals surface area contributed by atoms with Gasteiger partial charge >= 0.3 is 0 Å². The fraction of sp³-hybridized carbons (Fsp3) is 1.00. The molecule has 0 radical (unpaired) electrons. The van der Waals surface area contributed by atoms with Crippen molar-refractivity contribution >= 4 is 0 Å². The van der Waals surface area contributed by atoms with Gasteiger partial charge in [0.15, 0.2) is 0 Å². The van der Waals surface area contributed by atoms with Gasteiger partial charge in [-0.15, -0.1) is 0 Å². The number of nitrogens with two attached hydrogens (primary N) is 1. The van der Waals surface area contributed by atoms with Crippen molar-refractivity contribution in [3.8, 4) is 0 Å². The Bertz CT molecular complexity index is 142. The van der Waals surface area contributed by atoms with Crippen molar-refractivity contribution in [1.29, 1.82) is 0 Å². The van der Waals surface area contributed by atoms with Crippen molar-refractivity contribution in [2.75, 3.05) is 6.54 Å². The zero-order chi connectivity index (χ0) is 9.19. The molecular weight excluding hydrogens is 146 g/mol. The van der Waals surface area contributed by atoms with Crippen molar-refractivity contribution in [3.05, 3.63) is 0 Å². The third-order valence-electron chi connectivity index (χ3n) is 3.55. The summed E-state index contributed by atoms with van der Waals surface area (Å²) < 4.78 is 0. The quantitative estimate of drug-likeness (QED) is 0.676. The van der Waals surface area contributed by atoms with Crippen LogP contribution in [-0.4, -0.2) is 6.54 Å². The van der Waals surface area contributed by atoms with Crippen molar-refractivity contribution in [1.82, 2.24) is 0 Å². The highest BCUT2D eigenvalue weighted by Gasteiger charge is 2.31. The molecule has 0 amide bonds. The Hall–Kier alpha value is -0.0400. The third kappa shape index (κ3) is 2.22. The summed E-state index contributed by atoms with van der Waals surface area (Å²) in [5.74, 6) is 1.77. The Morgan fingerprint density at radius 1 is 1.50 bits per heavy atom. The SMILES string of the molecule is CC(C)C1CCCC(C)(CN)C1. The molecule has 0 aromatic rings. The Labute approximate surface area is 76.7 Å². The molecule has 2 atom stereocenters. The lowest BCUT2D eigenvalue weighted by atomic mass is 9.68. The third-order valence-corrected chi connectivity index (χ3v) is 3.55. The topological polar surface area (TPSA) is 26.0 Å². The van der Waals surface area contributed by atoms with Gasteiger partial charge in [-0.05, 0) is 36.6 Å². The van der Waals surface area contributed by atoms with Crippen molar-refractivity contribution < 1.29 is 0 Å². The van der Waals surface area contributed by atoms with Gasteiger partial charge in [0.05, 0.1) is 0 Å². The van der Waals surface area contributed by atoms with Gasteiger partial charge in [-0.1, -0.05) is 33.6 Å². The van der Waals surface area contributed by atoms with E-state index in [1.807, 2.05) is 0 Å². The molecule has 0 bridgehead atoms. The van der Waals surface area contributed by atoms with Crippen LogP contribution in [0.25, 0.3) is 0 Å². The van der Waals surface area contributed by atoms with E-state index in [1.165, 1.54) is 25.7 Å². The minimum Gasteiger partial charge on any atom is -0.330 e. The fourth-order valence-electron chi connectivity index (χ4n) is 2.38. The van der Waals surface area contributed by atoms with Crippen LogP contribution < -0.4 is 5.73 Å². The molecule has 0 heterocycles. The Balaban J connectivity index is 2.51. The van der Waals surface area contributed by atoms with E-state index in [4.69, 9.17) is 5.73 Å². The summed E-state index contributed by atoms with van der Waals surface area (Å²) >= 11 is 0. The summed E-state index contributed by atoms with van der Waals surface area (Å²) in [6.07, 6.45) is 5.50. The smallest absolute Gasteiger partial charge is 0.00231 e. The van der Waals surface area contributed by atoms with Gasteiger partial charge in [-0.3, -0.25) is 0 Å². The number of hydrogen-bond acceptors (Lipinski definition) is 1. The Kier molecular flexibility index (Phi) is 3.16. The highest BCUT2D eigenvalue weighted by Crippen LogP contribution is 2.40. The average molecular weight is 169 g/mol. The zero-order valence-corrected chi connectivity index (χ0v) is 8.77. The van der Waals surface area contributed by atoms with E-state index in [0.29, 0.717) is 5.41 Å². The van der Waals surface area contributed by atoms with Crippen LogP contribution >= 0.6 is 0 Å². The molecule has 1 fully saturated rings. The molecule has 0 spiro atoms. The van der Waals surface area contributed by atoms with Crippen LogP contribution in [0.15, 0.2) is 0 Å². The first kappa shape index (κ1) is 10.0. The molecule has 1 aliphatic carbocycles. The van der Waals surface area contributed by atoms with Gasteiger partial charge in [0.2, 0.25) is 0 Å². The maximum Gasteiger partial charge on any atom is -0.00231 e. The maximum absolute atomic E-state index is 5.80. The molecule has 2 unspecified atom stereocenters. The molecule has 0 saturated heterocycles. The van der Waals surface area contributed by atoms with Crippen LogP contribution in [0.4, 0.5) is 0 Å². The number of hydrogen-bond donors (Lipinski definition) is 1. The zero-order valence-electron chi connectivity index (χ0n) is 8.77. The summed E-state index contributed by atoms with van der Waals surface area (Å²) in [6.45, 7) is 7.90. The first-order valence-electron chi connectivity index (χ1n) is 5.27. The van der Waals surface area contributed by atoms with Gasteiger partial charge in [-0.2, -0.15) is 0 Å². The van der Waals surface area contributed by atoms with Crippen LogP contribution in [0, 0.1) is 17.3 Å². The van der Waals surface area contributed by atoms with Gasteiger partial charge in [0, 0.05) is 0 Å². The van der Waals surface area contributed by atoms with E-state index in [-0.39, 0.29) is 0 Å². The van der Waals surface area contributed by atoms with E-state index >= 15 is 0 Å². The minimum atomic E-state index is 0.452. The largest absolute Gasteiger partial charge is 0.330 e. The van der Waals surface area contributed by atoms with Crippen molar-refractivity contribution in [2.24, 2.45) is 23.0 Å². The van der Waals surface area contributed by atoms with E-state index in [0.717, 1.165) is 18.4 Å². The summed E-state index contributed by atoms with van der Waals surface area (Å²) in [7, 11) is 0. The molecule has 0 aromatic heterocycles. The first-order valence-corrected chi connectivity index (χ1v) is 5.27. The molecule has 1 saturated carbocycles. The second kappa shape index (κ2) is 3.78. The summed E-state index contributed by atoms with van der Waals surface area (Å²) in [5, 5.41) is 0. The second-order valence-corrected chi connectivity index (χ2v) is 5.12. The summed E-state index contributed by atoms with van der Waals surface area (Å²) in [5.41, 5.74) is 6.25. The molecule has 1 nitrogen and oxygen atoms in total. The molecule has 72 valence electrons. The second-order valence-electron chi connectivity index (χ2n) is 5.12.